The minimum atomic E-state index is -3.73. The third-order valence-corrected chi connectivity index (χ3v) is 7.90. The highest BCUT2D eigenvalue weighted by Gasteiger charge is 2.43. The predicted molar refractivity (Wildman–Crippen MR) is 111 cm³/mol. The van der Waals surface area contributed by atoms with Gasteiger partial charge in [0.05, 0.1) is 13.2 Å². The van der Waals surface area contributed by atoms with E-state index in [2.05, 4.69) is 5.16 Å². The van der Waals surface area contributed by atoms with Gasteiger partial charge >= 0.3 is 0 Å². The number of nitrogens with zero attached hydrogens (tertiary/aromatic N) is 3. The van der Waals surface area contributed by atoms with Crippen molar-refractivity contribution in [3.8, 4) is 5.75 Å². The number of carbonyl (C=O) groups is 1. The van der Waals surface area contributed by atoms with Gasteiger partial charge in [-0.05, 0) is 31.9 Å². The number of aromatic nitrogens is 1. The molecule has 2 aliphatic heterocycles. The number of benzene rings is 1. The molecule has 0 N–H and O–H groups in total. The molecular formula is C21H27N3O6S. The summed E-state index contributed by atoms with van der Waals surface area (Å²) in [5.41, 5.74) is -0.106. The molecule has 168 valence electrons. The Morgan fingerprint density at radius 2 is 2.00 bits per heavy atom. The summed E-state index contributed by atoms with van der Waals surface area (Å²) in [4.78, 5) is 14.6. The highest BCUT2D eigenvalue weighted by Crippen LogP contribution is 2.39. The fourth-order valence-electron chi connectivity index (χ4n) is 4.17. The van der Waals surface area contributed by atoms with E-state index in [1.54, 1.807) is 49.3 Å². The van der Waals surface area contributed by atoms with Crippen LogP contribution in [0.25, 0.3) is 0 Å². The van der Waals surface area contributed by atoms with Crippen molar-refractivity contribution in [1.82, 2.24) is 14.4 Å². The molecule has 31 heavy (non-hydrogen) atoms. The van der Waals surface area contributed by atoms with Gasteiger partial charge in [-0.1, -0.05) is 17.3 Å². The number of likely N-dealkylation sites (tertiary alicyclic amines) is 1. The van der Waals surface area contributed by atoms with E-state index < -0.39 is 15.4 Å². The number of rotatable bonds is 4. The maximum Gasteiger partial charge on any atom is 0.276 e. The molecule has 1 spiro atoms. The summed E-state index contributed by atoms with van der Waals surface area (Å²) in [7, 11) is -2.18. The number of hydrogen-bond acceptors (Lipinski definition) is 7. The first kappa shape index (κ1) is 21.8. The number of methoxy groups -OCH3 is 1. The lowest BCUT2D eigenvalue weighted by Gasteiger charge is -2.44. The Labute approximate surface area is 181 Å². The number of hydrogen-bond donors (Lipinski definition) is 0. The van der Waals surface area contributed by atoms with Crippen LogP contribution in [0.5, 0.6) is 5.75 Å². The van der Waals surface area contributed by atoms with Crippen molar-refractivity contribution < 1.29 is 27.2 Å². The van der Waals surface area contributed by atoms with Crippen molar-refractivity contribution in [2.45, 2.75) is 24.7 Å². The van der Waals surface area contributed by atoms with Crippen LogP contribution in [0.15, 0.2) is 39.8 Å². The molecule has 1 saturated heterocycles. The van der Waals surface area contributed by atoms with Gasteiger partial charge in [-0.2, -0.15) is 4.31 Å². The smallest absolute Gasteiger partial charge is 0.276 e. The molecule has 9 nitrogen and oxygen atoms in total. The van der Waals surface area contributed by atoms with E-state index in [9.17, 15) is 13.2 Å². The largest absolute Gasteiger partial charge is 0.492 e. The minimum absolute atomic E-state index is 0.173. The lowest BCUT2D eigenvalue weighted by Crippen LogP contribution is -2.53. The van der Waals surface area contributed by atoms with Gasteiger partial charge in [-0.3, -0.25) is 4.79 Å². The Morgan fingerprint density at radius 1 is 1.26 bits per heavy atom. The zero-order chi connectivity index (χ0) is 22.1. The zero-order valence-electron chi connectivity index (χ0n) is 17.7. The maximum absolute atomic E-state index is 13.4. The van der Waals surface area contributed by atoms with E-state index in [0.717, 1.165) is 0 Å². The SMILES string of the molecule is COCCN1CC2(CCN(C(=O)c3cc(C)on3)CC2)COc2ccccc2S1(=O)=O. The van der Waals surface area contributed by atoms with Crippen molar-refractivity contribution in [2.24, 2.45) is 5.41 Å². The van der Waals surface area contributed by atoms with Crippen LogP contribution in [-0.2, 0) is 14.8 Å². The minimum Gasteiger partial charge on any atom is -0.492 e. The lowest BCUT2D eigenvalue weighted by atomic mass is 9.78. The Balaban J connectivity index is 1.57. The number of para-hydroxylation sites is 1. The Kier molecular flexibility index (Phi) is 6.05. The van der Waals surface area contributed by atoms with Crippen molar-refractivity contribution in [2.75, 3.05) is 46.5 Å². The molecule has 2 aromatic rings. The second-order valence-electron chi connectivity index (χ2n) is 8.18. The fourth-order valence-corrected chi connectivity index (χ4v) is 5.83. The van der Waals surface area contributed by atoms with E-state index in [0.29, 0.717) is 62.9 Å². The summed E-state index contributed by atoms with van der Waals surface area (Å²) in [6.45, 7) is 3.99. The molecule has 3 heterocycles. The summed E-state index contributed by atoms with van der Waals surface area (Å²) in [6, 6.07) is 8.35. The molecule has 4 rings (SSSR count). The number of piperidine rings is 1. The van der Waals surface area contributed by atoms with Crippen LogP contribution in [0.1, 0.15) is 29.1 Å². The standard InChI is InChI=1S/C21H27N3O6S/c1-16-13-17(22-30-16)20(25)23-9-7-21(8-10-23)14-24(11-12-28-2)31(26,27)19-6-4-3-5-18(19)29-15-21/h3-6,13H,7-12,14-15H2,1-2H3. The van der Waals surface area contributed by atoms with E-state index in [-0.39, 0.29) is 17.3 Å². The molecule has 0 bridgehead atoms. The van der Waals surface area contributed by atoms with Crippen molar-refractivity contribution in [3.63, 3.8) is 0 Å². The number of sulfonamides is 1. The second kappa shape index (κ2) is 8.60. The maximum atomic E-state index is 13.4. The van der Waals surface area contributed by atoms with Crippen LogP contribution < -0.4 is 4.74 Å². The zero-order valence-corrected chi connectivity index (χ0v) is 18.6. The molecule has 0 unspecified atom stereocenters. The third kappa shape index (κ3) is 4.32. The van der Waals surface area contributed by atoms with Crippen molar-refractivity contribution >= 4 is 15.9 Å². The first-order valence-electron chi connectivity index (χ1n) is 10.3. The van der Waals surface area contributed by atoms with Gasteiger partial charge < -0.3 is 18.9 Å². The molecule has 1 aromatic heterocycles. The van der Waals surface area contributed by atoms with Crippen LogP contribution in [-0.4, -0.2) is 75.2 Å². The Morgan fingerprint density at radius 3 is 2.68 bits per heavy atom. The van der Waals surface area contributed by atoms with Gasteiger partial charge in [-0.25, -0.2) is 8.42 Å². The first-order chi connectivity index (χ1) is 14.8. The van der Waals surface area contributed by atoms with E-state index >= 15 is 0 Å². The van der Waals surface area contributed by atoms with E-state index in [1.165, 1.54) is 4.31 Å². The van der Waals surface area contributed by atoms with Gasteiger partial charge in [-0.15, -0.1) is 0 Å². The molecule has 2 aliphatic rings. The second-order valence-corrected chi connectivity index (χ2v) is 10.1. The molecule has 10 heteroatoms. The number of aryl methyl sites for hydroxylation is 1. The molecule has 0 saturated carbocycles. The van der Waals surface area contributed by atoms with Gasteiger partial charge in [0, 0.05) is 44.8 Å². The third-order valence-electron chi connectivity index (χ3n) is 6.02. The van der Waals surface area contributed by atoms with Gasteiger partial charge in [0.1, 0.15) is 16.4 Å². The number of fused-ring (bicyclic) bond motifs is 1. The number of ether oxygens (including phenoxy) is 2. The van der Waals surface area contributed by atoms with Crippen LogP contribution in [0.3, 0.4) is 0 Å². The average Bonchev–Trinajstić information content (AvgIpc) is 3.21. The lowest BCUT2D eigenvalue weighted by molar-refractivity contribution is 0.0271. The summed E-state index contributed by atoms with van der Waals surface area (Å²) in [5.74, 6) is 0.774. The molecular weight excluding hydrogens is 422 g/mol. The quantitative estimate of drug-likeness (QED) is 0.703. The van der Waals surface area contributed by atoms with Crippen LogP contribution in [0.4, 0.5) is 0 Å². The van der Waals surface area contributed by atoms with Crippen LogP contribution in [0.2, 0.25) is 0 Å². The van der Waals surface area contributed by atoms with Crippen LogP contribution in [0, 0.1) is 12.3 Å². The van der Waals surface area contributed by atoms with Crippen molar-refractivity contribution in [1.29, 1.82) is 0 Å². The fraction of sp³-hybridized carbons (Fsp3) is 0.524. The molecule has 0 aliphatic carbocycles. The Hall–Kier alpha value is -2.43. The average molecular weight is 450 g/mol. The molecule has 0 atom stereocenters. The number of carbonyl (C=O) groups excluding carboxylic acids is 1. The summed E-state index contributed by atoms with van der Waals surface area (Å²) in [5, 5.41) is 3.82. The van der Waals surface area contributed by atoms with E-state index in [4.69, 9.17) is 14.0 Å². The molecule has 1 amide bonds. The van der Waals surface area contributed by atoms with Gasteiger partial charge in [0.25, 0.3) is 5.91 Å². The monoisotopic (exact) mass is 449 g/mol. The van der Waals surface area contributed by atoms with E-state index in [1.807, 2.05) is 0 Å². The molecule has 0 radical (unpaired) electrons. The topological polar surface area (TPSA) is 102 Å². The Bertz CT molecular complexity index is 1040. The van der Waals surface area contributed by atoms with Crippen molar-refractivity contribution in [3.05, 3.63) is 41.8 Å². The van der Waals surface area contributed by atoms with Gasteiger partial charge in [0.15, 0.2) is 5.69 Å². The normalized spacial score (nSPS) is 20.5. The van der Waals surface area contributed by atoms with Crippen LogP contribution >= 0.6 is 0 Å². The molecule has 1 fully saturated rings. The predicted octanol–water partition coefficient (Wildman–Crippen LogP) is 1.94. The summed E-state index contributed by atoms with van der Waals surface area (Å²) >= 11 is 0. The first-order valence-corrected chi connectivity index (χ1v) is 11.7. The summed E-state index contributed by atoms with van der Waals surface area (Å²) < 4.78 is 44.5. The van der Waals surface area contributed by atoms with Gasteiger partial charge in [0.2, 0.25) is 10.0 Å². The molecule has 1 aromatic carbocycles. The summed E-state index contributed by atoms with van der Waals surface area (Å²) in [6.07, 6.45) is 1.24. The highest BCUT2D eigenvalue weighted by molar-refractivity contribution is 7.89. The highest BCUT2D eigenvalue weighted by atomic mass is 32.2. The number of amides is 1.